The topological polar surface area (TPSA) is 17.3 Å². The molecule has 0 amide bonds. The molecule has 3 aromatic rings. The van der Waals surface area contributed by atoms with Gasteiger partial charge in [-0.25, -0.2) is 0 Å². The Bertz CT molecular complexity index is 929. The summed E-state index contributed by atoms with van der Waals surface area (Å²) in [4.78, 5) is 6.30. The summed E-state index contributed by atoms with van der Waals surface area (Å²) in [6.45, 7) is 7.24. The highest BCUT2D eigenvalue weighted by molar-refractivity contribution is 7.15. The second-order valence-corrected chi connectivity index (χ2v) is 7.58. The molecule has 116 valence electrons. The number of thiophene rings is 1. The number of nitrogens with zero attached hydrogens (tertiary/aromatic N) is 2. The first kappa shape index (κ1) is 14.7. The van der Waals surface area contributed by atoms with Crippen molar-refractivity contribution in [2.75, 3.05) is 0 Å². The molecule has 2 nitrogen and oxygen atoms in total. The first-order chi connectivity index (χ1) is 11.1. The number of hydrogen-bond donors (Lipinski definition) is 0. The van der Waals surface area contributed by atoms with Gasteiger partial charge in [0.25, 0.3) is 0 Å². The van der Waals surface area contributed by atoms with Crippen LogP contribution in [0.15, 0.2) is 41.4 Å². The first-order valence-electron chi connectivity index (χ1n) is 7.64. The van der Waals surface area contributed by atoms with Crippen molar-refractivity contribution in [3.05, 3.63) is 74.4 Å². The minimum Gasteiger partial charge on any atom is -0.307 e. The van der Waals surface area contributed by atoms with Crippen LogP contribution in [0.1, 0.15) is 33.0 Å². The lowest BCUT2D eigenvalue weighted by molar-refractivity contribution is 0.910. The summed E-state index contributed by atoms with van der Waals surface area (Å²) in [6.07, 6.45) is 0. The van der Waals surface area contributed by atoms with Gasteiger partial charge in [0.2, 0.25) is 0 Å². The average Bonchev–Trinajstić information content (AvgIpc) is 2.97. The Balaban J connectivity index is 2.00. The van der Waals surface area contributed by atoms with Crippen molar-refractivity contribution in [3.8, 4) is 5.00 Å². The van der Waals surface area contributed by atoms with Gasteiger partial charge in [0.1, 0.15) is 5.00 Å². The fourth-order valence-corrected chi connectivity index (χ4v) is 4.51. The third kappa shape index (κ3) is 2.27. The molecule has 0 atom stereocenters. The molecule has 23 heavy (non-hydrogen) atoms. The van der Waals surface area contributed by atoms with Crippen molar-refractivity contribution in [1.29, 1.82) is 0 Å². The summed E-state index contributed by atoms with van der Waals surface area (Å²) < 4.78 is 2.35. The van der Waals surface area contributed by atoms with Gasteiger partial charge in [-0.3, -0.25) is 4.99 Å². The highest BCUT2D eigenvalue weighted by atomic mass is 35.5. The molecule has 3 heterocycles. The number of fused-ring (bicyclic) bond motifs is 3. The molecule has 4 rings (SSSR count). The lowest BCUT2D eigenvalue weighted by atomic mass is 10.00. The maximum Gasteiger partial charge on any atom is 0.110 e. The molecule has 0 saturated carbocycles. The Labute approximate surface area is 145 Å². The smallest absolute Gasteiger partial charge is 0.110 e. The number of aliphatic imine (C=N–C) groups is 1. The summed E-state index contributed by atoms with van der Waals surface area (Å²) in [5, 5.41) is 2.03. The number of aryl methyl sites for hydroxylation is 2. The van der Waals surface area contributed by atoms with E-state index >= 15 is 0 Å². The number of hydrogen-bond acceptors (Lipinski definition) is 2. The molecular formula is C19H17ClN2S. The normalized spacial score (nSPS) is 13.3. The third-order valence-electron chi connectivity index (χ3n) is 4.48. The number of rotatable bonds is 1. The van der Waals surface area contributed by atoms with Crippen LogP contribution in [0.25, 0.3) is 5.00 Å². The fourth-order valence-electron chi connectivity index (χ4n) is 3.13. The Morgan fingerprint density at radius 3 is 2.52 bits per heavy atom. The van der Waals surface area contributed by atoms with Gasteiger partial charge in [-0.05, 0) is 50.6 Å². The fraction of sp³-hybridized carbons (Fsp3) is 0.211. The molecule has 1 aromatic carbocycles. The summed E-state index contributed by atoms with van der Waals surface area (Å²) >= 11 is 7.90. The van der Waals surface area contributed by atoms with E-state index in [9.17, 15) is 0 Å². The molecule has 0 bridgehead atoms. The first-order valence-corrected chi connectivity index (χ1v) is 8.84. The second kappa shape index (κ2) is 5.36. The van der Waals surface area contributed by atoms with Gasteiger partial charge in [-0.1, -0.05) is 23.7 Å². The molecule has 0 spiro atoms. The van der Waals surface area contributed by atoms with E-state index in [1.165, 1.54) is 32.4 Å². The van der Waals surface area contributed by atoms with E-state index in [1.54, 1.807) is 0 Å². The van der Waals surface area contributed by atoms with Gasteiger partial charge in [0, 0.05) is 32.4 Å². The zero-order valence-corrected chi connectivity index (χ0v) is 14.9. The molecular weight excluding hydrogens is 324 g/mol. The zero-order valence-electron chi connectivity index (χ0n) is 13.4. The van der Waals surface area contributed by atoms with E-state index in [-0.39, 0.29) is 0 Å². The average molecular weight is 341 g/mol. The Morgan fingerprint density at radius 1 is 1.04 bits per heavy atom. The largest absolute Gasteiger partial charge is 0.307 e. The van der Waals surface area contributed by atoms with E-state index in [0.717, 1.165) is 16.3 Å². The van der Waals surface area contributed by atoms with Crippen LogP contribution in [-0.2, 0) is 6.54 Å². The molecule has 1 aliphatic rings. The highest BCUT2D eigenvalue weighted by Crippen LogP contribution is 2.37. The van der Waals surface area contributed by atoms with Crippen molar-refractivity contribution in [2.24, 2.45) is 4.99 Å². The van der Waals surface area contributed by atoms with Gasteiger partial charge in [0.15, 0.2) is 0 Å². The second-order valence-electron chi connectivity index (χ2n) is 5.94. The quantitative estimate of drug-likeness (QED) is 0.559. The van der Waals surface area contributed by atoms with Gasteiger partial charge >= 0.3 is 0 Å². The maximum absolute atomic E-state index is 6.05. The van der Waals surface area contributed by atoms with Crippen LogP contribution < -0.4 is 0 Å². The Morgan fingerprint density at radius 2 is 1.78 bits per heavy atom. The van der Waals surface area contributed by atoms with Crippen LogP contribution in [0.2, 0.25) is 5.02 Å². The predicted octanol–water partition coefficient (Wildman–Crippen LogP) is 5.47. The van der Waals surface area contributed by atoms with Gasteiger partial charge in [-0.15, -0.1) is 11.3 Å². The highest BCUT2D eigenvalue weighted by Gasteiger charge is 2.24. The molecule has 0 fully saturated rings. The number of aromatic nitrogens is 1. The summed E-state index contributed by atoms with van der Waals surface area (Å²) in [7, 11) is 0. The van der Waals surface area contributed by atoms with Crippen molar-refractivity contribution in [1.82, 2.24) is 4.57 Å². The van der Waals surface area contributed by atoms with Crippen LogP contribution in [0.3, 0.4) is 0 Å². The van der Waals surface area contributed by atoms with Crippen LogP contribution in [0.5, 0.6) is 0 Å². The molecule has 4 heteroatoms. The van der Waals surface area contributed by atoms with Gasteiger partial charge in [-0.2, -0.15) is 0 Å². The molecule has 0 radical (unpaired) electrons. The molecule has 2 aromatic heterocycles. The van der Waals surface area contributed by atoms with E-state index in [0.29, 0.717) is 6.54 Å². The van der Waals surface area contributed by atoms with Crippen LogP contribution in [-0.4, -0.2) is 10.3 Å². The van der Waals surface area contributed by atoms with Crippen LogP contribution >= 0.6 is 22.9 Å². The van der Waals surface area contributed by atoms with E-state index < -0.39 is 0 Å². The molecule has 0 aliphatic carbocycles. The standard InChI is InChI=1S/C19H17ClN2S/c1-11-4-9-16-10-21-18(14-5-7-15(20)8-6-14)17-12(2)13(3)23-19(17)22(11)16/h4-9H,10H2,1-3H3. The lowest BCUT2D eigenvalue weighted by Gasteiger charge is -2.10. The Hall–Kier alpha value is -1.84. The van der Waals surface area contributed by atoms with Crippen molar-refractivity contribution >= 4 is 28.6 Å². The van der Waals surface area contributed by atoms with Crippen LogP contribution in [0, 0.1) is 20.8 Å². The predicted molar refractivity (Wildman–Crippen MR) is 98.7 cm³/mol. The molecule has 0 N–H and O–H groups in total. The monoisotopic (exact) mass is 340 g/mol. The minimum atomic E-state index is 0.700. The van der Waals surface area contributed by atoms with Gasteiger partial charge in [0.05, 0.1) is 12.3 Å². The summed E-state index contributed by atoms with van der Waals surface area (Å²) in [5.41, 5.74) is 7.28. The maximum atomic E-state index is 6.05. The molecule has 0 saturated heterocycles. The minimum absolute atomic E-state index is 0.700. The summed E-state index contributed by atoms with van der Waals surface area (Å²) in [6, 6.07) is 12.3. The Kier molecular flexibility index (Phi) is 3.43. The zero-order chi connectivity index (χ0) is 16.1. The van der Waals surface area contributed by atoms with Crippen molar-refractivity contribution < 1.29 is 0 Å². The molecule has 0 unspecified atom stereocenters. The number of benzene rings is 1. The van der Waals surface area contributed by atoms with Gasteiger partial charge < -0.3 is 4.57 Å². The van der Waals surface area contributed by atoms with Crippen molar-refractivity contribution in [3.63, 3.8) is 0 Å². The molecule has 1 aliphatic heterocycles. The van der Waals surface area contributed by atoms with E-state index in [2.05, 4.69) is 49.6 Å². The van der Waals surface area contributed by atoms with Crippen molar-refractivity contribution in [2.45, 2.75) is 27.3 Å². The van der Waals surface area contributed by atoms with Crippen LogP contribution in [0.4, 0.5) is 0 Å². The van der Waals surface area contributed by atoms with E-state index in [1.807, 2.05) is 23.5 Å². The summed E-state index contributed by atoms with van der Waals surface area (Å²) in [5.74, 6) is 0. The number of halogens is 1. The lowest BCUT2D eigenvalue weighted by Crippen LogP contribution is -2.06. The van der Waals surface area contributed by atoms with E-state index in [4.69, 9.17) is 16.6 Å². The SMILES string of the molecule is Cc1sc2c(c1C)C(c1ccc(Cl)cc1)=NCc1ccc(C)n1-2. The third-order valence-corrected chi connectivity index (χ3v) is 5.92.